The first-order valence-corrected chi connectivity index (χ1v) is 8.61. The Labute approximate surface area is 136 Å². The highest BCUT2D eigenvalue weighted by Crippen LogP contribution is 2.20. The molecule has 1 N–H and O–H groups in total. The van der Waals surface area contributed by atoms with Gasteiger partial charge in [-0.05, 0) is 35.7 Å². The lowest BCUT2D eigenvalue weighted by molar-refractivity contribution is 0.185. The summed E-state index contributed by atoms with van der Waals surface area (Å²) < 4.78 is 32.5. The van der Waals surface area contributed by atoms with Crippen molar-refractivity contribution < 1.29 is 13.2 Å². The zero-order chi connectivity index (χ0) is 16.2. The Morgan fingerprint density at radius 3 is 2.59 bits per heavy atom. The van der Waals surface area contributed by atoms with Gasteiger partial charge in [-0.15, -0.1) is 0 Å². The van der Waals surface area contributed by atoms with Crippen LogP contribution in [0.1, 0.15) is 16.7 Å². The third-order valence-corrected chi connectivity index (χ3v) is 4.99. The molecule has 0 aliphatic rings. The molecule has 0 aromatic heterocycles. The van der Waals surface area contributed by atoms with Crippen LogP contribution >= 0.6 is 11.6 Å². The number of aryl methyl sites for hydroxylation is 1. The number of benzene rings is 2. The highest BCUT2D eigenvalue weighted by Gasteiger charge is 2.16. The maximum Gasteiger partial charge on any atom is 0.241 e. The number of rotatable bonds is 6. The van der Waals surface area contributed by atoms with E-state index >= 15 is 0 Å². The zero-order valence-corrected chi connectivity index (χ0v) is 14.0. The largest absolute Gasteiger partial charge is 0.380 e. The number of ether oxygens (including phenoxy) is 1. The van der Waals surface area contributed by atoms with Crippen molar-refractivity contribution >= 4 is 21.6 Å². The zero-order valence-electron chi connectivity index (χ0n) is 12.5. The van der Waals surface area contributed by atoms with Gasteiger partial charge in [0, 0.05) is 18.7 Å². The fourth-order valence-corrected chi connectivity index (χ4v) is 3.64. The smallest absolute Gasteiger partial charge is 0.241 e. The summed E-state index contributed by atoms with van der Waals surface area (Å²) in [5.41, 5.74) is 2.53. The number of halogens is 1. The summed E-state index contributed by atoms with van der Waals surface area (Å²) in [6.45, 7) is 2.45. The van der Waals surface area contributed by atoms with Crippen LogP contribution in [-0.4, -0.2) is 15.5 Å². The number of sulfonamides is 1. The average molecular weight is 340 g/mol. The van der Waals surface area contributed by atoms with Gasteiger partial charge >= 0.3 is 0 Å². The molecule has 118 valence electrons. The second-order valence-corrected chi connectivity index (χ2v) is 7.16. The lowest BCUT2D eigenvalue weighted by atomic mass is 10.1. The van der Waals surface area contributed by atoms with Gasteiger partial charge < -0.3 is 4.74 Å². The predicted molar refractivity (Wildman–Crippen MR) is 87.4 cm³/mol. The van der Waals surface area contributed by atoms with E-state index in [1.807, 2.05) is 24.3 Å². The Hall–Kier alpha value is -1.40. The minimum absolute atomic E-state index is 0.202. The molecular formula is C16H18ClNO3S. The summed E-state index contributed by atoms with van der Waals surface area (Å²) in [5, 5.41) is 0.396. The molecule has 0 spiro atoms. The Bertz CT molecular complexity index is 760. The summed E-state index contributed by atoms with van der Waals surface area (Å²) in [7, 11) is -1.98. The third kappa shape index (κ3) is 4.30. The predicted octanol–water partition coefficient (Wildman–Crippen LogP) is 3.27. The topological polar surface area (TPSA) is 55.4 Å². The van der Waals surface area contributed by atoms with Crippen LogP contribution in [0.15, 0.2) is 47.4 Å². The second-order valence-electron chi connectivity index (χ2n) is 4.99. The number of methoxy groups -OCH3 is 1. The fraction of sp³-hybridized carbons (Fsp3) is 0.250. The molecular weight excluding hydrogens is 322 g/mol. The number of nitrogens with one attached hydrogen (secondary N) is 1. The standard InChI is InChI=1S/C16H18ClNO3S/c1-12-6-7-15(17)9-16(12)22(19,20)18-10-13-4-3-5-14(8-13)11-21-2/h3-9,18H,10-11H2,1-2H3. The molecule has 0 aliphatic heterocycles. The number of hydrogen-bond donors (Lipinski definition) is 1. The van der Waals surface area contributed by atoms with Crippen molar-refractivity contribution in [3.05, 3.63) is 64.2 Å². The van der Waals surface area contributed by atoms with Crippen molar-refractivity contribution in [2.75, 3.05) is 7.11 Å². The van der Waals surface area contributed by atoms with Crippen LogP contribution in [0.3, 0.4) is 0 Å². The quantitative estimate of drug-likeness (QED) is 0.878. The summed E-state index contributed by atoms with van der Waals surface area (Å²) >= 11 is 5.89. The molecule has 2 aromatic rings. The lowest BCUT2D eigenvalue weighted by Gasteiger charge is -2.10. The van der Waals surface area contributed by atoms with Crippen LogP contribution in [0.4, 0.5) is 0 Å². The van der Waals surface area contributed by atoms with Crippen molar-refractivity contribution in [1.29, 1.82) is 0 Å². The van der Waals surface area contributed by atoms with Crippen LogP contribution in [0.25, 0.3) is 0 Å². The molecule has 2 rings (SSSR count). The van der Waals surface area contributed by atoms with E-state index in [0.717, 1.165) is 11.1 Å². The minimum Gasteiger partial charge on any atom is -0.380 e. The van der Waals surface area contributed by atoms with Crippen LogP contribution in [0.2, 0.25) is 5.02 Å². The van der Waals surface area contributed by atoms with E-state index in [2.05, 4.69) is 4.72 Å². The molecule has 0 aliphatic carbocycles. The van der Waals surface area contributed by atoms with E-state index in [1.54, 1.807) is 26.2 Å². The molecule has 0 heterocycles. The van der Waals surface area contributed by atoms with Crippen molar-refractivity contribution in [3.63, 3.8) is 0 Å². The summed E-state index contributed by atoms with van der Waals surface area (Å²) in [5.74, 6) is 0. The maximum absolute atomic E-state index is 12.4. The molecule has 0 fully saturated rings. The van der Waals surface area contributed by atoms with E-state index in [1.165, 1.54) is 6.07 Å². The Kier molecular flexibility index (Phi) is 5.58. The Morgan fingerprint density at radius 1 is 1.14 bits per heavy atom. The maximum atomic E-state index is 12.4. The first kappa shape index (κ1) is 17.0. The SMILES string of the molecule is COCc1cccc(CNS(=O)(=O)c2cc(Cl)ccc2C)c1. The molecule has 0 saturated carbocycles. The van der Waals surface area contributed by atoms with E-state index < -0.39 is 10.0 Å². The summed E-state index contributed by atoms with van der Waals surface area (Å²) in [4.78, 5) is 0.202. The van der Waals surface area contributed by atoms with Gasteiger partial charge in [-0.2, -0.15) is 0 Å². The van der Waals surface area contributed by atoms with Crippen LogP contribution in [0.5, 0.6) is 0 Å². The fourth-order valence-electron chi connectivity index (χ4n) is 2.12. The van der Waals surface area contributed by atoms with Gasteiger partial charge in [0.15, 0.2) is 0 Å². The van der Waals surface area contributed by atoms with E-state index in [-0.39, 0.29) is 11.4 Å². The molecule has 0 atom stereocenters. The van der Waals surface area contributed by atoms with Gasteiger partial charge in [0.25, 0.3) is 0 Å². The molecule has 4 nitrogen and oxygen atoms in total. The van der Waals surface area contributed by atoms with Crippen molar-refractivity contribution in [2.24, 2.45) is 0 Å². The van der Waals surface area contributed by atoms with Gasteiger partial charge in [-0.3, -0.25) is 0 Å². The number of hydrogen-bond acceptors (Lipinski definition) is 3. The molecule has 0 bridgehead atoms. The van der Waals surface area contributed by atoms with Crippen LogP contribution in [0, 0.1) is 6.92 Å². The summed E-state index contributed by atoms with van der Waals surface area (Å²) in [6.07, 6.45) is 0. The molecule has 0 unspecified atom stereocenters. The Balaban J connectivity index is 2.16. The van der Waals surface area contributed by atoms with Crippen LogP contribution < -0.4 is 4.72 Å². The minimum atomic E-state index is -3.60. The molecule has 6 heteroatoms. The molecule has 0 radical (unpaired) electrons. The van der Waals surface area contributed by atoms with E-state index in [4.69, 9.17) is 16.3 Å². The second kappa shape index (κ2) is 7.24. The highest BCUT2D eigenvalue weighted by atomic mass is 35.5. The Morgan fingerprint density at radius 2 is 1.86 bits per heavy atom. The van der Waals surface area contributed by atoms with Crippen molar-refractivity contribution in [1.82, 2.24) is 4.72 Å². The first-order valence-electron chi connectivity index (χ1n) is 6.75. The van der Waals surface area contributed by atoms with Crippen LogP contribution in [-0.2, 0) is 27.9 Å². The first-order chi connectivity index (χ1) is 10.4. The molecule has 2 aromatic carbocycles. The van der Waals surface area contributed by atoms with Crippen molar-refractivity contribution in [2.45, 2.75) is 25.0 Å². The normalized spacial score (nSPS) is 11.6. The van der Waals surface area contributed by atoms with E-state index in [9.17, 15) is 8.42 Å². The van der Waals surface area contributed by atoms with Crippen molar-refractivity contribution in [3.8, 4) is 0 Å². The monoisotopic (exact) mass is 339 g/mol. The van der Waals surface area contributed by atoms with Gasteiger partial charge in [0.05, 0.1) is 11.5 Å². The van der Waals surface area contributed by atoms with Gasteiger partial charge in [0.1, 0.15) is 0 Å². The van der Waals surface area contributed by atoms with E-state index in [0.29, 0.717) is 17.2 Å². The van der Waals surface area contributed by atoms with Gasteiger partial charge in [0.2, 0.25) is 10.0 Å². The molecule has 0 amide bonds. The molecule has 22 heavy (non-hydrogen) atoms. The van der Waals surface area contributed by atoms with Gasteiger partial charge in [-0.1, -0.05) is 41.9 Å². The molecule has 0 saturated heterocycles. The highest BCUT2D eigenvalue weighted by molar-refractivity contribution is 7.89. The summed E-state index contributed by atoms with van der Waals surface area (Å²) in [6, 6.07) is 12.4. The van der Waals surface area contributed by atoms with Gasteiger partial charge in [-0.25, -0.2) is 13.1 Å². The average Bonchev–Trinajstić information content (AvgIpc) is 2.48. The lowest BCUT2D eigenvalue weighted by Crippen LogP contribution is -2.24. The third-order valence-electron chi connectivity index (χ3n) is 3.21.